The highest BCUT2D eigenvalue weighted by atomic mass is 32.2. The summed E-state index contributed by atoms with van der Waals surface area (Å²) in [5.41, 5.74) is 0.392. The summed E-state index contributed by atoms with van der Waals surface area (Å²) in [4.78, 5) is 24.4. The molecule has 2 rings (SSSR count). The molecule has 0 aliphatic rings. The molecule has 0 amide bonds. The fraction of sp³-hybridized carbons (Fsp3) is 0.600. The van der Waals surface area contributed by atoms with Crippen LogP contribution in [-0.4, -0.2) is 76.8 Å². The van der Waals surface area contributed by atoms with Crippen LogP contribution in [-0.2, 0) is 38.7 Å². The van der Waals surface area contributed by atoms with Crippen LogP contribution in [0.2, 0.25) is 0 Å². The molecular formula is C40H60O11S. The first-order valence-electron chi connectivity index (χ1n) is 18.4. The summed E-state index contributed by atoms with van der Waals surface area (Å²) >= 11 is 0. The average Bonchev–Trinajstić information content (AvgIpc) is 3.11. The lowest BCUT2D eigenvalue weighted by molar-refractivity contribution is -0.150. The Morgan fingerprint density at radius 3 is 1.60 bits per heavy atom. The van der Waals surface area contributed by atoms with E-state index in [0.29, 0.717) is 35.8 Å². The molecule has 0 spiro atoms. The fourth-order valence-electron chi connectivity index (χ4n) is 5.37. The van der Waals surface area contributed by atoms with Gasteiger partial charge in [-0.25, -0.2) is 9.59 Å². The van der Waals surface area contributed by atoms with Gasteiger partial charge in [-0.05, 0) is 38.5 Å². The van der Waals surface area contributed by atoms with Crippen LogP contribution in [0.5, 0.6) is 11.5 Å². The summed E-state index contributed by atoms with van der Waals surface area (Å²) in [6.07, 6.45) is 6.52. The van der Waals surface area contributed by atoms with Gasteiger partial charge in [0.05, 0.1) is 13.2 Å². The van der Waals surface area contributed by atoms with Crippen molar-refractivity contribution in [3.63, 3.8) is 0 Å². The molecule has 4 atom stereocenters. The van der Waals surface area contributed by atoms with Crippen molar-refractivity contribution in [1.82, 2.24) is 0 Å². The summed E-state index contributed by atoms with van der Waals surface area (Å²) in [5, 5.41) is 0.785. The molecule has 292 valence electrons. The Morgan fingerprint density at radius 2 is 1.17 bits per heavy atom. The van der Waals surface area contributed by atoms with Gasteiger partial charge in [0.15, 0.2) is 12.2 Å². The number of fused-ring (bicyclic) bond motifs is 1. The first kappa shape index (κ1) is 44.7. The second-order valence-electron chi connectivity index (χ2n) is 13.4. The van der Waals surface area contributed by atoms with Gasteiger partial charge >= 0.3 is 11.9 Å². The van der Waals surface area contributed by atoms with E-state index in [1.54, 1.807) is 24.3 Å². The molecule has 52 heavy (non-hydrogen) atoms. The van der Waals surface area contributed by atoms with E-state index in [0.717, 1.165) is 57.4 Å². The summed E-state index contributed by atoms with van der Waals surface area (Å²) < 4.78 is 71.2. The van der Waals surface area contributed by atoms with Gasteiger partial charge in [-0.1, -0.05) is 104 Å². The van der Waals surface area contributed by atoms with Crippen molar-refractivity contribution in [2.45, 2.75) is 110 Å². The molecular weight excluding hydrogens is 688 g/mol. The highest BCUT2D eigenvalue weighted by Gasteiger charge is 2.26. The van der Waals surface area contributed by atoms with E-state index in [1.807, 2.05) is 0 Å². The first-order chi connectivity index (χ1) is 24.7. The molecule has 0 fully saturated rings. The van der Waals surface area contributed by atoms with Crippen molar-refractivity contribution in [2.24, 2.45) is 11.8 Å². The second kappa shape index (κ2) is 23.3. The Bertz CT molecular complexity index is 1550. The van der Waals surface area contributed by atoms with Gasteiger partial charge in [0.1, 0.15) is 29.6 Å². The number of hydrogen-bond donors (Lipinski definition) is 1. The van der Waals surface area contributed by atoms with Crippen LogP contribution >= 0.6 is 0 Å². The van der Waals surface area contributed by atoms with Gasteiger partial charge in [-0.3, -0.25) is 4.55 Å². The number of unbranched alkanes of at least 4 members (excludes halogenated alkanes) is 2. The zero-order chi connectivity index (χ0) is 38.7. The molecule has 11 nitrogen and oxygen atoms in total. The molecule has 0 saturated heterocycles. The SMILES string of the molecule is C=C(C)C(=O)OC(COCC(CC)CCCC)COc1cc(S(=O)(=O)O)c(OCC(COCC(CC)CCCC)OC(=O)C(=C)C)c2ccccc12. The number of hydrogen-bond acceptors (Lipinski definition) is 10. The van der Waals surface area contributed by atoms with Gasteiger partial charge in [-0.2, -0.15) is 8.42 Å². The number of carbonyl (C=O) groups excluding carboxylic acids is 2. The quantitative estimate of drug-likeness (QED) is 0.0535. The highest BCUT2D eigenvalue weighted by Crippen LogP contribution is 2.39. The monoisotopic (exact) mass is 748 g/mol. The summed E-state index contributed by atoms with van der Waals surface area (Å²) in [7, 11) is -4.86. The third-order valence-electron chi connectivity index (χ3n) is 8.68. The molecule has 0 aliphatic carbocycles. The van der Waals surface area contributed by atoms with E-state index < -0.39 is 39.2 Å². The van der Waals surface area contributed by atoms with Crippen molar-refractivity contribution in [3.05, 3.63) is 54.6 Å². The van der Waals surface area contributed by atoms with Crippen molar-refractivity contribution in [1.29, 1.82) is 0 Å². The number of ether oxygens (including phenoxy) is 6. The number of esters is 2. The van der Waals surface area contributed by atoms with Crippen molar-refractivity contribution in [2.75, 3.05) is 39.6 Å². The van der Waals surface area contributed by atoms with E-state index in [1.165, 1.54) is 13.8 Å². The number of carbonyl (C=O) groups is 2. The zero-order valence-corrected chi connectivity index (χ0v) is 32.8. The highest BCUT2D eigenvalue weighted by molar-refractivity contribution is 7.86. The number of rotatable bonds is 27. The Balaban J connectivity index is 2.38. The van der Waals surface area contributed by atoms with Crippen LogP contribution < -0.4 is 9.47 Å². The Morgan fingerprint density at radius 1 is 0.712 bits per heavy atom. The molecule has 0 saturated carbocycles. The van der Waals surface area contributed by atoms with Crippen molar-refractivity contribution in [3.8, 4) is 11.5 Å². The van der Waals surface area contributed by atoms with Crippen molar-refractivity contribution < 1.29 is 51.0 Å². The maximum Gasteiger partial charge on any atom is 0.333 e. The van der Waals surface area contributed by atoms with Crippen LogP contribution in [0.4, 0.5) is 0 Å². The standard InChI is InChI=1S/C40H60O11S/c1-9-13-17-30(11-3)22-46-24-32(50-39(41)28(5)6)26-48-36-21-37(52(43,44)45)38(35-20-16-15-19-34(35)36)49-27-33(51-40(42)29(7)8)25-47-23-31(12-4)18-14-10-2/h15-16,19-21,30-33H,5,7,9-14,17-18,22-27H2,1-4,6,8H3,(H,43,44,45). The van der Waals surface area contributed by atoms with Gasteiger partial charge in [0.2, 0.25) is 0 Å². The Labute approximate surface area is 310 Å². The third-order valence-corrected chi connectivity index (χ3v) is 9.54. The Hall–Kier alpha value is -3.45. The van der Waals surface area contributed by atoms with Crippen LogP contribution in [0, 0.1) is 11.8 Å². The van der Waals surface area contributed by atoms with Crippen LogP contribution in [0.25, 0.3) is 10.8 Å². The largest absolute Gasteiger partial charge is 0.489 e. The molecule has 12 heteroatoms. The van der Waals surface area contributed by atoms with Gasteiger partial charge in [0.25, 0.3) is 10.1 Å². The minimum absolute atomic E-state index is 0.00590. The van der Waals surface area contributed by atoms with Gasteiger partial charge in [0, 0.05) is 41.2 Å². The molecule has 0 aliphatic heterocycles. The smallest absolute Gasteiger partial charge is 0.333 e. The molecule has 0 heterocycles. The molecule has 2 aromatic rings. The van der Waals surface area contributed by atoms with E-state index in [9.17, 15) is 22.6 Å². The first-order valence-corrected chi connectivity index (χ1v) is 19.9. The van der Waals surface area contributed by atoms with Gasteiger partial charge < -0.3 is 28.4 Å². The minimum Gasteiger partial charge on any atom is -0.489 e. The lowest BCUT2D eigenvalue weighted by Gasteiger charge is -2.23. The van der Waals surface area contributed by atoms with E-state index >= 15 is 0 Å². The third kappa shape index (κ3) is 15.3. The maximum absolute atomic E-state index is 12.8. The lowest BCUT2D eigenvalue weighted by atomic mass is 10.0. The topological polar surface area (TPSA) is 144 Å². The minimum atomic E-state index is -4.86. The van der Waals surface area contributed by atoms with Crippen LogP contribution in [0.1, 0.15) is 92.9 Å². The van der Waals surface area contributed by atoms with E-state index in [2.05, 4.69) is 40.9 Å². The fourth-order valence-corrected chi connectivity index (χ4v) is 6.03. The molecule has 0 aromatic heterocycles. The number of benzene rings is 2. The second-order valence-corrected chi connectivity index (χ2v) is 14.8. The van der Waals surface area contributed by atoms with Crippen LogP contribution in [0.3, 0.4) is 0 Å². The summed E-state index contributed by atoms with van der Waals surface area (Å²) in [6.45, 7) is 19.4. The predicted octanol–water partition coefficient (Wildman–Crippen LogP) is 8.29. The zero-order valence-electron chi connectivity index (χ0n) is 31.9. The Kier molecular flexibility index (Phi) is 20.0. The average molecular weight is 749 g/mol. The maximum atomic E-state index is 12.8. The molecule has 0 bridgehead atoms. The van der Waals surface area contributed by atoms with Crippen LogP contribution in [0.15, 0.2) is 59.5 Å². The molecule has 4 unspecified atom stereocenters. The summed E-state index contributed by atoms with van der Waals surface area (Å²) in [5.74, 6) is -0.595. The van der Waals surface area contributed by atoms with Gasteiger partial charge in [-0.15, -0.1) is 0 Å². The predicted molar refractivity (Wildman–Crippen MR) is 202 cm³/mol. The lowest BCUT2D eigenvalue weighted by Crippen LogP contribution is -2.31. The van der Waals surface area contributed by atoms with E-state index in [-0.39, 0.29) is 49.1 Å². The molecule has 2 aromatic carbocycles. The molecule has 0 radical (unpaired) electrons. The van der Waals surface area contributed by atoms with Crippen molar-refractivity contribution >= 4 is 32.8 Å². The normalized spacial score (nSPS) is 13.9. The molecule has 1 N–H and O–H groups in total. The summed E-state index contributed by atoms with van der Waals surface area (Å²) in [6, 6.07) is 7.92. The van der Waals surface area contributed by atoms with E-state index in [4.69, 9.17) is 28.4 Å².